The van der Waals surface area contributed by atoms with E-state index >= 15 is 0 Å². The van der Waals surface area contributed by atoms with Crippen molar-refractivity contribution in [3.63, 3.8) is 0 Å². The summed E-state index contributed by atoms with van der Waals surface area (Å²) in [7, 11) is 0. The number of hydrogen-bond acceptors (Lipinski definition) is 3. The molecule has 0 radical (unpaired) electrons. The van der Waals surface area contributed by atoms with Gasteiger partial charge < -0.3 is 4.74 Å². The molecule has 3 nitrogen and oxygen atoms in total. The summed E-state index contributed by atoms with van der Waals surface area (Å²) in [6.45, 7) is -1.31. The molecule has 100 valence electrons. The maximum Gasteiger partial charge on any atom is 0.411 e. The average Bonchev–Trinajstić information content (AvgIpc) is 3.06. The molecule has 0 amide bonds. The highest BCUT2D eigenvalue weighted by Crippen LogP contribution is 2.39. The van der Waals surface area contributed by atoms with Gasteiger partial charge in [0, 0.05) is 18.0 Å². The minimum atomic E-state index is -4.30. The fourth-order valence-corrected chi connectivity index (χ4v) is 1.74. The molecule has 0 aromatic carbocycles. The van der Waals surface area contributed by atoms with Gasteiger partial charge in [-0.05, 0) is 18.9 Å². The highest BCUT2D eigenvalue weighted by atomic mass is 35.5. The first kappa shape index (κ1) is 13.5. The second-order valence-corrected chi connectivity index (χ2v) is 4.61. The highest BCUT2D eigenvalue weighted by molar-refractivity contribution is 6.29. The van der Waals surface area contributed by atoms with Crippen LogP contribution >= 0.6 is 11.6 Å². The van der Waals surface area contributed by atoms with E-state index in [0.717, 1.165) is 18.5 Å². The molecule has 7 heteroatoms. The van der Waals surface area contributed by atoms with E-state index in [1.54, 1.807) is 6.07 Å². The standard InChI is InChI=1S/C11H12ClF3N2O/c12-9-5-8(7-1-2-7)16-10(17-9)3-4-18-6-11(13,14)15/h5,7H,1-4,6H2. The maximum absolute atomic E-state index is 11.8. The second-order valence-electron chi connectivity index (χ2n) is 4.22. The van der Waals surface area contributed by atoms with E-state index in [0.29, 0.717) is 16.9 Å². The lowest BCUT2D eigenvalue weighted by Gasteiger charge is -2.07. The fourth-order valence-electron chi connectivity index (χ4n) is 1.54. The van der Waals surface area contributed by atoms with E-state index in [-0.39, 0.29) is 13.0 Å². The molecule has 0 unspecified atom stereocenters. The van der Waals surface area contributed by atoms with Crippen LogP contribution in [-0.2, 0) is 11.2 Å². The fraction of sp³-hybridized carbons (Fsp3) is 0.636. The van der Waals surface area contributed by atoms with E-state index in [9.17, 15) is 13.2 Å². The summed E-state index contributed by atoms with van der Waals surface area (Å²) in [5.74, 6) is 0.868. The largest absolute Gasteiger partial charge is 0.411 e. The molecule has 0 bridgehead atoms. The molecule has 1 heterocycles. The average molecular weight is 281 g/mol. The molecule has 1 aliphatic rings. The maximum atomic E-state index is 11.8. The number of rotatable bonds is 5. The Labute approximate surface area is 107 Å². The van der Waals surface area contributed by atoms with Crippen LogP contribution in [0.2, 0.25) is 5.15 Å². The molecule has 0 atom stereocenters. The normalized spacial score (nSPS) is 16.0. The van der Waals surface area contributed by atoms with Crippen molar-refractivity contribution in [2.24, 2.45) is 0 Å². The monoisotopic (exact) mass is 280 g/mol. The van der Waals surface area contributed by atoms with Gasteiger partial charge in [0.05, 0.1) is 6.61 Å². The van der Waals surface area contributed by atoms with Gasteiger partial charge in [-0.1, -0.05) is 11.6 Å². The lowest BCUT2D eigenvalue weighted by molar-refractivity contribution is -0.173. The van der Waals surface area contributed by atoms with Crippen molar-refractivity contribution >= 4 is 11.6 Å². The number of ether oxygens (including phenoxy) is 1. The van der Waals surface area contributed by atoms with Gasteiger partial charge in [0.25, 0.3) is 0 Å². The predicted octanol–water partition coefficient (Wildman–Crippen LogP) is 3.13. The predicted molar refractivity (Wildman–Crippen MR) is 59.6 cm³/mol. The van der Waals surface area contributed by atoms with E-state index in [1.807, 2.05) is 0 Å². The van der Waals surface area contributed by atoms with Crippen LogP contribution in [0.4, 0.5) is 13.2 Å². The quantitative estimate of drug-likeness (QED) is 0.614. The van der Waals surface area contributed by atoms with Crippen LogP contribution in [0.3, 0.4) is 0 Å². The van der Waals surface area contributed by atoms with Gasteiger partial charge in [-0.15, -0.1) is 0 Å². The van der Waals surface area contributed by atoms with Crippen LogP contribution in [0.1, 0.15) is 30.3 Å². The molecule has 18 heavy (non-hydrogen) atoms. The molecule has 1 aromatic heterocycles. The lowest BCUT2D eigenvalue weighted by Crippen LogP contribution is -2.18. The molecular formula is C11H12ClF3N2O. The zero-order valence-electron chi connectivity index (χ0n) is 9.50. The third kappa shape index (κ3) is 4.42. The van der Waals surface area contributed by atoms with Crippen molar-refractivity contribution in [2.45, 2.75) is 31.4 Å². The van der Waals surface area contributed by atoms with Gasteiger partial charge in [0.15, 0.2) is 0 Å². The van der Waals surface area contributed by atoms with Gasteiger partial charge in [-0.2, -0.15) is 13.2 Å². The molecule has 0 spiro atoms. The Bertz CT molecular complexity index is 421. The van der Waals surface area contributed by atoms with E-state index < -0.39 is 12.8 Å². The van der Waals surface area contributed by atoms with E-state index in [2.05, 4.69) is 14.7 Å². The van der Waals surface area contributed by atoms with Crippen LogP contribution in [0.5, 0.6) is 0 Å². The van der Waals surface area contributed by atoms with Crippen LogP contribution in [-0.4, -0.2) is 29.4 Å². The molecule has 0 N–H and O–H groups in total. The number of alkyl halides is 3. The summed E-state index contributed by atoms with van der Waals surface area (Å²) in [5, 5.41) is 0.331. The highest BCUT2D eigenvalue weighted by Gasteiger charge is 2.28. The summed E-state index contributed by atoms with van der Waals surface area (Å²) >= 11 is 5.84. The van der Waals surface area contributed by atoms with Crippen molar-refractivity contribution in [1.82, 2.24) is 9.97 Å². The van der Waals surface area contributed by atoms with Crippen molar-refractivity contribution in [1.29, 1.82) is 0 Å². The summed E-state index contributed by atoms with van der Waals surface area (Å²) in [6.07, 6.45) is -1.90. The van der Waals surface area contributed by atoms with Crippen LogP contribution in [0.15, 0.2) is 6.07 Å². The Morgan fingerprint density at radius 3 is 2.67 bits per heavy atom. The van der Waals surface area contributed by atoms with Crippen LogP contribution in [0, 0.1) is 0 Å². The molecular weight excluding hydrogens is 269 g/mol. The Kier molecular flexibility index (Phi) is 4.07. The summed E-state index contributed by atoms with van der Waals surface area (Å²) in [4.78, 5) is 8.24. The number of nitrogens with zero attached hydrogens (tertiary/aromatic N) is 2. The van der Waals surface area contributed by atoms with Crippen LogP contribution in [0.25, 0.3) is 0 Å². The van der Waals surface area contributed by atoms with Gasteiger partial charge in [-0.3, -0.25) is 0 Å². The minimum Gasteiger partial charge on any atom is -0.372 e. The Morgan fingerprint density at radius 1 is 1.33 bits per heavy atom. The van der Waals surface area contributed by atoms with Gasteiger partial charge >= 0.3 is 6.18 Å². The molecule has 1 saturated carbocycles. The zero-order valence-corrected chi connectivity index (χ0v) is 10.3. The first-order valence-corrected chi connectivity index (χ1v) is 6.00. The first-order chi connectivity index (χ1) is 8.44. The molecule has 1 fully saturated rings. The summed E-state index contributed by atoms with van der Waals surface area (Å²) in [5.41, 5.74) is 0.876. The SMILES string of the molecule is FC(F)(F)COCCc1nc(Cl)cc(C2CC2)n1. The van der Waals surface area contributed by atoms with Crippen LogP contribution < -0.4 is 0 Å². The number of aromatic nitrogens is 2. The minimum absolute atomic E-state index is 0.0655. The zero-order chi connectivity index (χ0) is 13.2. The molecule has 0 aliphatic heterocycles. The molecule has 2 rings (SSSR count). The smallest absolute Gasteiger partial charge is 0.372 e. The Morgan fingerprint density at radius 2 is 2.06 bits per heavy atom. The molecule has 1 aliphatic carbocycles. The lowest BCUT2D eigenvalue weighted by atomic mass is 10.3. The Hall–Kier alpha value is -0.880. The van der Waals surface area contributed by atoms with Gasteiger partial charge in [-0.25, -0.2) is 9.97 Å². The second kappa shape index (κ2) is 5.40. The molecule has 1 aromatic rings. The first-order valence-electron chi connectivity index (χ1n) is 5.62. The summed E-state index contributed by atoms with van der Waals surface area (Å²) in [6, 6.07) is 1.71. The third-order valence-electron chi connectivity index (χ3n) is 2.49. The van der Waals surface area contributed by atoms with Crippen molar-refractivity contribution in [3.05, 3.63) is 22.7 Å². The molecule has 0 saturated heterocycles. The van der Waals surface area contributed by atoms with Crippen molar-refractivity contribution in [3.8, 4) is 0 Å². The topological polar surface area (TPSA) is 35.0 Å². The third-order valence-corrected chi connectivity index (χ3v) is 2.69. The number of halogens is 4. The van der Waals surface area contributed by atoms with E-state index in [4.69, 9.17) is 11.6 Å². The number of hydrogen-bond donors (Lipinski definition) is 0. The van der Waals surface area contributed by atoms with Gasteiger partial charge in [0.1, 0.15) is 17.6 Å². The van der Waals surface area contributed by atoms with Crippen molar-refractivity contribution < 1.29 is 17.9 Å². The van der Waals surface area contributed by atoms with E-state index in [1.165, 1.54) is 0 Å². The Balaban J connectivity index is 1.85. The van der Waals surface area contributed by atoms with Crippen molar-refractivity contribution in [2.75, 3.05) is 13.2 Å². The summed E-state index contributed by atoms with van der Waals surface area (Å²) < 4.78 is 40.0. The van der Waals surface area contributed by atoms with Gasteiger partial charge in [0.2, 0.25) is 0 Å².